The number of unbranched alkanes of at least 4 members (excludes halogenated alkanes) is 10. The smallest absolute Gasteiger partial charge is 0.317 e. The third kappa shape index (κ3) is 7.95. The van der Waals surface area contributed by atoms with Gasteiger partial charge in [0.25, 0.3) is 0 Å². The molecule has 1 rings (SSSR count). The highest BCUT2D eigenvalue weighted by Crippen LogP contribution is 2.28. The summed E-state index contributed by atoms with van der Waals surface area (Å²) in [6.45, 7) is 4.33. The second-order valence-corrected chi connectivity index (χ2v) is 6.91. The van der Waals surface area contributed by atoms with E-state index >= 15 is 0 Å². The average Bonchev–Trinajstić information content (AvgIpc) is 2.83. The van der Waals surface area contributed by atoms with Gasteiger partial charge in [0.05, 0.1) is 12.3 Å². The number of esters is 2. The second kappa shape index (κ2) is 11.7. The Bertz CT molecular complexity index is 325. The predicted molar refractivity (Wildman–Crippen MR) is 89.4 cm³/mol. The molecule has 128 valence electrons. The lowest BCUT2D eigenvalue weighted by atomic mass is 9.88. The topological polar surface area (TPSA) is 43.4 Å². The summed E-state index contributed by atoms with van der Waals surface area (Å²) >= 11 is 0. The van der Waals surface area contributed by atoms with Crippen LogP contribution < -0.4 is 0 Å². The molecule has 1 aliphatic heterocycles. The van der Waals surface area contributed by atoms with Crippen molar-refractivity contribution >= 4 is 11.9 Å². The molecule has 1 fully saturated rings. The van der Waals surface area contributed by atoms with Crippen molar-refractivity contribution in [1.82, 2.24) is 0 Å². The second-order valence-electron chi connectivity index (χ2n) is 6.91. The number of ether oxygens (including phenoxy) is 1. The Kier molecular flexibility index (Phi) is 10.2. The van der Waals surface area contributed by atoms with Crippen molar-refractivity contribution in [3.05, 3.63) is 0 Å². The molecule has 2 unspecified atom stereocenters. The van der Waals surface area contributed by atoms with Gasteiger partial charge in [-0.1, -0.05) is 84.5 Å². The average molecular weight is 310 g/mol. The maximum atomic E-state index is 11.5. The number of hydrogen-bond acceptors (Lipinski definition) is 3. The summed E-state index contributed by atoms with van der Waals surface area (Å²) in [5, 5.41) is 0. The third-order valence-electron chi connectivity index (χ3n) is 4.85. The summed E-state index contributed by atoms with van der Waals surface area (Å²) in [5.41, 5.74) is 0. The van der Waals surface area contributed by atoms with E-state index in [0.717, 1.165) is 12.8 Å². The highest BCUT2D eigenvalue weighted by Gasteiger charge is 2.36. The Morgan fingerprint density at radius 2 is 1.41 bits per heavy atom. The lowest BCUT2D eigenvalue weighted by Crippen LogP contribution is -2.16. The van der Waals surface area contributed by atoms with E-state index in [0.29, 0.717) is 0 Å². The van der Waals surface area contributed by atoms with Crippen LogP contribution in [-0.4, -0.2) is 11.9 Å². The van der Waals surface area contributed by atoms with Crippen molar-refractivity contribution in [3.63, 3.8) is 0 Å². The van der Waals surface area contributed by atoms with Gasteiger partial charge >= 0.3 is 11.9 Å². The predicted octanol–water partition coefficient (Wildman–Crippen LogP) is 5.41. The van der Waals surface area contributed by atoms with Gasteiger partial charge in [0, 0.05) is 0 Å². The molecule has 0 aromatic rings. The van der Waals surface area contributed by atoms with Gasteiger partial charge < -0.3 is 4.74 Å². The standard InChI is InChI=1S/C19H34O3/c1-3-4-5-6-7-8-9-10-11-12-13-14-16(2)17-15-18(20)22-19(17)21/h16-17H,3-15H2,1-2H3. The van der Waals surface area contributed by atoms with Gasteiger partial charge in [0.15, 0.2) is 0 Å². The highest BCUT2D eigenvalue weighted by molar-refractivity contribution is 5.94. The van der Waals surface area contributed by atoms with E-state index in [1.54, 1.807) is 0 Å². The maximum absolute atomic E-state index is 11.5. The molecule has 0 saturated carbocycles. The lowest BCUT2D eigenvalue weighted by molar-refractivity contribution is -0.153. The molecular formula is C19H34O3. The molecule has 0 amide bonds. The van der Waals surface area contributed by atoms with Crippen molar-refractivity contribution < 1.29 is 14.3 Å². The van der Waals surface area contributed by atoms with Gasteiger partial charge in [-0.25, -0.2) is 0 Å². The first-order valence-electron chi connectivity index (χ1n) is 9.39. The molecule has 3 heteroatoms. The number of carbonyl (C=O) groups excluding carboxylic acids is 2. The molecule has 3 nitrogen and oxygen atoms in total. The van der Waals surface area contributed by atoms with Crippen LogP contribution in [0.2, 0.25) is 0 Å². The van der Waals surface area contributed by atoms with E-state index < -0.39 is 0 Å². The first-order valence-corrected chi connectivity index (χ1v) is 9.39. The summed E-state index contributed by atoms with van der Waals surface area (Å²) in [5.74, 6) is -0.561. The third-order valence-corrected chi connectivity index (χ3v) is 4.85. The molecule has 0 spiro atoms. The molecule has 22 heavy (non-hydrogen) atoms. The van der Waals surface area contributed by atoms with Gasteiger partial charge in [-0.05, 0) is 12.3 Å². The first kappa shape index (κ1) is 19.2. The van der Waals surface area contributed by atoms with E-state index in [1.807, 2.05) is 0 Å². The Morgan fingerprint density at radius 1 is 0.909 bits per heavy atom. The van der Waals surface area contributed by atoms with E-state index in [9.17, 15) is 9.59 Å². The van der Waals surface area contributed by atoms with Gasteiger partial charge in [0.2, 0.25) is 0 Å². The van der Waals surface area contributed by atoms with E-state index in [4.69, 9.17) is 0 Å². The SMILES string of the molecule is CCCCCCCCCCCCCC(C)C1CC(=O)OC1=O. The van der Waals surface area contributed by atoms with E-state index in [-0.39, 0.29) is 30.2 Å². The Hall–Kier alpha value is -0.860. The minimum absolute atomic E-state index is 0.185. The highest BCUT2D eigenvalue weighted by atomic mass is 16.6. The van der Waals surface area contributed by atoms with Crippen molar-refractivity contribution in [3.8, 4) is 0 Å². The zero-order valence-electron chi connectivity index (χ0n) is 14.6. The van der Waals surface area contributed by atoms with Crippen LogP contribution >= 0.6 is 0 Å². The molecule has 1 heterocycles. The largest absolute Gasteiger partial charge is 0.393 e. The molecule has 0 aromatic carbocycles. The molecule has 0 N–H and O–H groups in total. The fourth-order valence-corrected chi connectivity index (χ4v) is 3.26. The van der Waals surface area contributed by atoms with Crippen molar-refractivity contribution in [2.24, 2.45) is 11.8 Å². The summed E-state index contributed by atoms with van der Waals surface area (Å²) in [4.78, 5) is 22.6. The van der Waals surface area contributed by atoms with Crippen LogP contribution in [0.15, 0.2) is 0 Å². The lowest BCUT2D eigenvalue weighted by Gasteiger charge is -2.14. The molecule has 0 radical (unpaired) electrons. The van der Waals surface area contributed by atoms with Crippen LogP contribution in [0.4, 0.5) is 0 Å². The number of cyclic esters (lactones) is 2. The van der Waals surface area contributed by atoms with Gasteiger partial charge in [0.1, 0.15) is 0 Å². The molecule has 0 bridgehead atoms. The van der Waals surface area contributed by atoms with Crippen LogP contribution in [0, 0.1) is 11.8 Å². The Morgan fingerprint density at radius 3 is 1.86 bits per heavy atom. The van der Waals surface area contributed by atoms with Gasteiger partial charge in [-0.2, -0.15) is 0 Å². The number of carbonyl (C=O) groups is 2. The van der Waals surface area contributed by atoms with Crippen LogP contribution in [0.25, 0.3) is 0 Å². The van der Waals surface area contributed by atoms with E-state index in [1.165, 1.54) is 64.2 Å². The number of rotatable bonds is 13. The first-order chi connectivity index (χ1) is 10.6. The molecule has 1 aliphatic rings. The fraction of sp³-hybridized carbons (Fsp3) is 0.895. The maximum Gasteiger partial charge on any atom is 0.317 e. The van der Waals surface area contributed by atoms with Crippen LogP contribution in [0.3, 0.4) is 0 Å². The molecule has 2 atom stereocenters. The minimum atomic E-state index is -0.346. The van der Waals surface area contributed by atoms with E-state index in [2.05, 4.69) is 18.6 Å². The summed E-state index contributed by atoms with van der Waals surface area (Å²) in [7, 11) is 0. The van der Waals surface area contributed by atoms with Gasteiger partial charge in [-0.15, -0.1) is 0 Å². The number of hydrogen-bond donors (Lipinski definition) is 0. The molecule has 0 aromatic heterocycles. The van der Waals surface area contributed by atoms with Crippen LogP contribution in [0.1, 0.15) is 97.3 Å². The minimum Gasteiger partial charge on any atom is -0.393 e. The molecule has 1 saturated heterocycles. The Labute approximate surface area is 136 Å². The van der Waals surface area contributed by atoms with Crippen LogP contribution in [0.5, 0.6) is 0 Å². The fourth-order valence-electron chi connectivity index (χ4n) is 3.26. The Balaban J connectivity index is 1.89. The molecular weight excluding hydrogens is 276 g/mol. The monoisotopic (exact) mass is 310 g/mol. The van der Waals surface area contributed by atoms with Crippen molar-refractivity contribution in [1.29, 1.82) is 0 Å². The summed E-state index contributed by atoms with van der Waals surface area (Å²) < 4.78 is 4.62. The zero-order valence-corrected chi connectivity index (χ0v) is 14.6. The van der Waals surface area contributed by atoms with Crippen molar-refractivity contribution in [2.75, 3.05) is 0 Å². The normalized spacial score (nSPS) is 19.5. The summed E-state index contributed by atoms with van der Waals surface area (Å²) in [6, 6.07) is 0. The van der Waals surface area contributed by atoms with Gasteiger partial charge in [-0.3, -0.25) is 9.59 Å². The van der Waals surface area contributed by atoms with Crippen LogP contribution in [-0.2, 0) is 14.3 Å². The molecule has 0 aliphatic carbocycles. The summed E-state index contributed by atoms with van der Waals surface area (Å²) in [6.07, 6.45) is 16.0. The quantitative estimate of drug-likeness (QED) is 0.259. The zero-order chi connectivity index (χ0) is 16.2. The van der Waals surface area contributed by atoms with Crippen molar-refractivity contribution in [2.45, 2.75) is 97.3 Å².